The van der Waals surface area contributed by atoms with E-state index in [1.165, 1.54) is 5.56 Å². The molecule has 96 valence electrons. The summed E-state index contributed by atoms with van der Waals surface area (Å²) in [5.41, 5.74) is 4.24. The van der Waals surface area contributed by atoms with Crippen LogP contribution in [0.1, 0.15) is 5.56 Å². The van der Waals surface area contributed by atoms with Crippen LogP contribution in [-0.4, -0.2) is 17.1 Å². The fourth-order valence-electron chi connectivity index (χ4n) is 2.10. The van der Waals surface area contributed by atoms with Crippen LogP contribution in [0.2, 0.25) is 0 Å². The van der Waals surface area contributed by atoms with Crippen molar-refractivity contribution in [3.63, 3.8) is 0 Å². The van der Waals surface area contributed by atoms with Crippen LogP contribution < -0.4 is 4.74 Å². The van der Waals surface area contributed by atoms with Gasteiger partial charge in [0.1, 0.15) is 17.1 Å². The summed E-state index contributed by atoms with van der Waals surface area (Å²) in [4.78, 5) is 7.98. The lowest BCUT2D eigenvalue weighted by molar-refractivity contribution is 0.415. The Morgan fingerprint density at radius 2 is 1.89 bits per heavy atom. The molecule has 0 aliphatic rings. The van der Waals surface area contributed by atoms with Crippen molar-refractivity contribution >= 4 is 27.0 Å². The molecular weight excluding hydrogens is 304 g/mol. The Bertz CT molecular complexity index is 732. The second-order valence-corrected chi connectivity index (χ2v) is 5.31. The van der Waals surface area contributed by atoms with Crippen LogP contribution in [0.25, 0.3) is 22.4 Å². The number of hydrogen-bond donors (Lipinski definition) is 1. The molecule has 4 heteroatoms. The number of aromatic amines is 1. The van der Waals surface area contributed by atoms with E-state index >= 15 is 0 Å². The average Bonchev–Trinajstić information content (AvgIpc) is 2.83. The molecule has 0 spiro atoms. The lowest BCUT2D eigenvalue weighted by Gasteiger charge is -2.00. The maximum atomic E-state index is 5.16. The molecule has 19 heavy (non-hydrogen) atoms. The van der Waals surface area contributed by atoms with E-state index in [1.807, 2.05) is 24.3 Å². The summed E-state index contributed by atoms with van der Waals surface area (Å²) < 4.78 is 6.17. The largest absolute Gasteiger partial charge is 0.497 e. The Morgan fingerprint density at radius 3 is 2.58 bits per heavy atom. The summed E-state index contributed by atoms with van der Waals surface area (Å²) in [6, 6.07) is 12.0. The monoisotopic (exact) mass is 316 g/mol. The van der Waals surface area contributed by atoms with Gasteiger partial charge in [0, 0.05) is 10.0 Å². The van der Waals surface area contributed by atoms with Gasteiger partial charge in [-0.25, -0.2) is 4.98 Å². The molecular formula is C15H13BrN2O. The summed E-state index contributed by atoms with van der Waals surface area (Å²) in [6.07, 6.45) is 0. The van der Waals surface area contributed by atoms with Crippen LogP contribution in [0.3, 0.4) is 0 Å². The first kappa shape index (κ1) is 12.2. The number of aromatic nitrogens is 2. The Balaban J connectivity index is 2.12. The molecule has 0 fully saturated rings. The zero-order chi connectivity index (χ0) is 13.4. The average molecular weight is 317 g/mol. The molecule has 1 aromatic heterocycles. The normalized spacial score (nSPS) is 10.9. The molecule has 2 aromatic carbocycles. The number of imidazole rings is 1. The minimum atomic E-state index is 0.844. The fourth-order valence-corrected chi connectivity index (χ4v) is 2.76. The number of methoxy groups -OCH3 is 1. The quantitative estimate of drug-likeness (QED) is 0.765. The van der Waals surface area contributed by atoms with Crippen molar-refractivity contribution in [1.82, 2.24) is 9.97 Å². The van der Waals surface area contributed by atoms with E-state index in [9.17, 15) is 0 Å². The van der Waals surface area contributed by atoms with Gasteiger partial charge in [0.15, 0.2) is 0 Å². The summed E-state index contributed by atoms with van der Waals surface area (Å²) in [7, 11) is 1.66. The number of fused-ring (bicyclic) bond motifs is 1. The van der Waals surface area contributed by atoms with Crippen LogP contribution in [0.4, 0.5) is 0 Å². The van der Waals surface area contributed by atoms with Gasteiger partial charge in [-0.15, -0.1) is 0 Å². The molecule has 3 nitrogen and oxygen atoms in total. The Morgan fingerprint density at radius 1 is 1.16 bits per heavy atom. The number of H-pyrrole nitrogens is 1. The topological polar surface area (TPSA) is 37.9 Å². The van der Waals surface area contributed by atoms with Crippen LogP contribution in [0.15, 0.2) is 40.9 Å². The molecule has 0 amide bonds. The summed E-state index contributed by atoms with van der Waals surface area (Å²) >= 11 is 3.55. The lowest BCUT2D eigenvalue weighted by atomic mass is 10.2. The van der Waals surface area contributed by atoms with Gasteiger partial charge in [-0.05, 0) is 64.8 Å². The van der Waals surface area contributed by atoms with Crippen molar-refractivity contribution in [2.45, 2.75) is 6.92 Å². The second kappa shape index (κ2) is 4.70. The highest BCUT2D eigenvalue weighted by Gasteiger charge is 2.08. The SMILES string of the molecule is COc1ccc(-c2nc3c(Br)cc(C)cc3[nH]2)cc1. The van der Waals surface area contributed by atoms with E-state index in [1.54, 1.807) is 7.11 Å². The number of nitrogens with one attached hydrogen (secondary N) is 1. The number of nitrogens with zero attached hydrogens (tertiary/aromatic N) is 1. The van der Waals surface area contributed by atoms with E-state index in [-0.39, 0.29) is 0 Å². The van der Waals surface area contributed by atoms with Crippen molar-refractivity contribution in [1.29, 1.82) is 0 Å². The molecule has 0 saturated carbocycles. The van der Waals surface area contributed by atoms with Gasteiger partial charge in [-0.1, -0.05) is 0 Å². The predicted molar refractivity (Wildman–Crippen MR) is 80.5 cm³/mol. The molecule has 0 saturated heterocycles. The van der Waals surface area contributed by atoms with Gasteiger partial charge in [0.05, 0.1) is 12.6 Å². The van der Waals surface area contributed by atoms with Crippen molar-refractivity contribution in [2.24, 2.45) is 0 Å². The van der Waals surface area contributed by atoms with E-state index < -0.39 is 0 Å². The Hall–Kier alpha value is -1.81. The number of ether oxygens (including phenoxy) is 1. The van der Waals surface area contributed by atoms with Crippen LogP contribution in [-0.2, 0) is 0 Å². The lowest BCUT2D eigenvalue weighted by Crippen LogP contribution is -1.83. The summed E-state index contributed by atoms with van der Waals surface area (Å²) in [5.74, 6) is 1.71. The van der Waals surface area contributed by atoms with Crippen LogP contribution in [0, 0.1) is 6.92 Å². The fraction of sp³-hybridized carbons (Fsp3) is 0.133. The summed E-state index contributed by atoms with van der Waals surface area (Å²) in [5, 5.41) is 0. The third-order valence-corrected chi connectivity index (χ3v) is 3.65. The molecule has 0 bridgehead atoms. The maximum absolute atomic E-state index is 5.16. The zero-order valence-electron chi connectivity index (χ0n) is 10.7. The molecule has 0 aliphatic heterocycles. The molecule has 0 atom stereocenters. The van der Waals surface area contributed by atoms with E-state index in [0.717, 1.165) is 32.6 Å². The third kappa shape index (κ3) is 2.24. The highest BCUT2D eigenvalue weighted by Crippen LogP contribution is 2.28. The number of benzene rings is 2. The van der Waals surface area contributed by atoms with Gasteiger partial charge >= 0.3 is 0 Å². The van der Waals surface area contributed by atoms with Crippen molar-refractivity contribution in [3.8, 4) is 17.1 Å². The number of rotatable bonds is 2. The molecule has 0 aliphatic carbocycles. The number of halogens is 1. The second-order valence-electron chi connectivity index (χ2n) is 4.46. The molecule has 1 N–H and O–H groups in total. The highest BCUT2D eigenvalue weighted by atomic mass is 79.9. The predicted octanol–water partition coefficient (Wildman–Crippen LogP) is 4.31. The summed E-state index contributed by atoms with van der Waals surface area (Å²) in [6.45, 7) is 2.07. The standard InChI is InChI=1S/C15H13BrN2O/c1-9-7-12(16)14-13(8-9)17-15(18-14)10-3-5-11(19-2)6-4-10/h3-8H,1-2H3,(H,17,18). The van der Waals surface area contributed by atoms with Gasteiger partial charge in [-0.2, -0.15) is 0 Å². The zero-order valence-corrected chi connectivity index (χ0v) is 12.3. The molecule has 3 aromatic rings. The third-order valence-electron chi connectivity index (χ3n) is 3.05. The maximum Gasteiger partial charge on any atom is 0.138 e. The molecule has 0 radical (unpaired) electrons. The van der Waals surface area contributed by atoms with Gasteiger partial charge in [-0.3, -0.25) is 0 Å². The molecule has 0 unspecified atom stereocenters. The Kier molecular flexibility index (Phi) is 3.03. The smallest absolute Gasteiger partial charge is 0.138 e. The van der Waals surface area contributed by atoms with E-state index in [4.69, 9.17) is 4.74 Å². The van der Waals surface area contributed by atoms with Crippen molar-refractivity contribution < 1.29 is 4.74 Å². The minimum absolute atomic E-state index is 0.844. The van der Waals surface area contributed by atoms with Crippen LogP contribution in [0.5, 0.6) is 5.75 Å². The van der Waals surface area contributed by atoms with E-state index in [0.29, 0.717) is 0 Å². The Labute approximate surface area is 119 Å². The first-order valence-electron chi connectivity index (χ1n) is 5.97. The first-order valence-corrected chi connectivity index (χ1v) is 6.77. The van der Waals surface area contributed by atoms with Crippen LogP contribution >= 0.6 is 15.9 Å². The minimum Gasteiger partial charge on any atom is -0.497 e. The van der Waals surface area contributed by atoms with Gasteiger partial charge in [0.2, 0.25) is 0 Å². The van der Waals surface area contributed by atoms with Crippen molar-refractivity contribution in [2.75, 3.05) is 7.11 Å². The molecule has 1 heterocycles. The van der Waals surface area contributed by atoms with Gasteiger partial charge in [0.25, 0.3) is 0 Å². The van der Waals surface area contributed by atoms with E-state index in [2.05, 4.69) is 45.0 Å². The first-order chi connectivity index (χ1) is 9.17. The number of aryl methyl sites for hydroxylation is 1. The van der Waals surface area contributed by atoms with Crippen molar-refractivity contribution in [3.05, 3.63) is 46.4 Å². The van der Waals surface area contributed by atoms with Gasteiger partial charge < -0.3 is 9.72 Å². The molecule has 3 rings (SSSR count). The number of hydrogen-bond acceptors (Lipinski definition) is 2. The highest BCUT2D eigenvalue weighted by molar-refractivity contribution is 9.10.